The molecule has 144 valence electrons. The minimum absolute atomic E-state index is 0.0744. The lowest BCUT2D eigenvalue weighted by molar-refractivity contribution is -0.127. The van der Waals surface area contributed by atoms with Crippen molar-refractivity contribution in [2.75, 3.05) is 14.2 Å². The van der Waals surface area contributed by atoms with Crippen molar-refractivity contribution in [3.05, 3.63) is 60.0 Å². The Morgan fingerprint density at radius 2 is 2.04 bits per heavy atom. The number of carbonyl (C=O) groups excluding carboxylic acids is 1. The lowest BCUT2D eigenvalue weighted by Crippen LogP contribution is -2.31. The van der Waals surface area contributed by atoms with Crippen molar-refractivity contribution in [3.8, 4) is 11.5 Å². The molecular formula is C22H22N2O4. The fraction of sp³-hybridized carbons (Fsp3) is 0.273. The van der Waals surface area contributed by atoms with Crippen LogP contribution in [-0.2, 0) is 11.3 Å². The predicted molar refractivity (Wildman–Crippen MR) is 106 cm³/mol. The van der Waals surface area contributed by atoms with Crippen LogP contribution in [0.4, 0.5) is 0 Å². The van der Waals surface area contributed by atoms with E-state index in [0.717, 1.165) is 35.4 Å². The number of nitrogens with zero attached hydrogens (tertiary/aromatic N) is 2. The molecule has 6 heteroatoms. The zero-order chi connectivity index (χ0) is 19.5. The Hall–Kier alpha value is -3.28. The number of fused-ring (bicyclic) bond motifs is 1. The molecule has 0 aliphatic heterocycles. The molecule has 0 atom stereocenters. The number of methoxy groups -OCH3 is 2. The SMILES string of the molecule is COc1ccc(OC)c(CN(C(=O)/C=C/c2nc3ccccc3o2)C2CC2)c1. The van der Waals surface area contributed by atoms with Gasteiger partial charge in [-0.1, -0.05) is 12.1 Å². The standard InChI is InChI=1S/C22H22N2O4/c1-26-17-9-10-19(27-2)15(13-17)14-24(16-7-8-16)22(25)12-11-21-23-18-5-3-4-6-20(18)28-21/h3-6,9-13,16H,7-8,14H2,1-2H3/b12-11+. The van der Waals surface area contributed by atoms with Gasteiger partial charge in [-0.2, -0.15) is 0 Å². The van der Waals surface area contributed by atoms with Crippen LogP contribution in [0.15, 0.2) is 53.0 Å². The van der Waals surface area contributed by atoms with Gasteiger partial charge in [-0.3, -0.25) is 4.79 Å². The maximum Gasteiger partial charge on any atom is 0.247 e. The maximum atomic E-state index is 12.9. The molecule has 2 aromatic carbocycles. The number of carbonyl (C=O) groups is 1. The third-order valence-electron chi connectivity index (χ3n) is 4.78. The van der Waals surface area contributed by atoms with E-state index < -0.39 is 0 Å². The summed E-state index contributed by atoms with van der Waals surface area (Å²) in [4.78, 5) is 19.1. The molecule has 1 fully saturated rings. The average molecular weight is 378 g/mol. The summed E-state index contributed by atoms with van der Waals surface area (Å²) in [6, 6.07) is 13.4. The quantitative estimate of drug-likeness (QED) is 0.581. The summed E-state index contributed by atoms with van der Waals surface area (Å²) < 4.78 is 16.4. The Labute approximate surface area is 163 Å². The molecule has 0 radical (unpaired) electrons. The van der Waals surface area contributed by atoms with E-state index in [1.54, 1.807) is 20.3 Å². The van der Waals surface area contributed by atoms with Crippen molar-refractivity contribution in [2.45, 2.75) is 25.4 Å². The number of para-hydroxylation sites is 2. The van der Waals surface area contributed by atoms with Gasteiger partial charge in [0.25, 0.3) is 0 Å². The molecule has 6 nitrogen and oxygen atoms in total. The van der Waals surface area contributed by atoms with Crippen LogP contribution in [0, 0.1) is 0 Å². The first-order valence-corrected chi connectivity index (χ1v) is 9.23. The summed E-state index contributed by atoms with van der Waals surface area (Å²) in [7, 11) is 3.25. The second-order valence-electron chi connectivity index (χ2n) is 6.73. The van der Waals surface area contributed by atoms with Crippen molar-refractivity contribution < 1.29 is 18.7 Å². The number of aromatic nitrogens is 1. The van der Waals surface area contributed by atoms with Gasteiger partial charge in [-0.05, 0) is 43.2 Å². The normalized spacial score (nSPS) is 13.8. The minimum atomic E-state index is -0.0744. The number of oxazole rings is 1. The summed E-state index contributed by atoms with van der Waals surface area (Å²) >= 11 is 0. The third kappa shape index (κ3) is 3.86. The van der Waals surface area contributed by atoms with Crippen molar-refractivity contribution in [2.24, 2.45) is 0 Å². The topological polar surface area (TPSA) is 64.8 Å². The van der Waals surface area contributed by atoms with Crippen LogP contribution in [-0.4, -0.2) is 36.1 Å². The molecule has 3 aromatic rings. The Balaban J connectivity index is 1.54. The van der Waals surface area contributed by atoms with Crippen LogP contribution in [0.1, 0.15) is 24.3 Å². The lowest BCUT2D eigenvalue weighted by atomic mass is 10.1. The zero-order valence-electron chi connectivity index (χ0n) is 15.9. The summed E-state index contributed by atoms with van der Waals surface area (Å²) in [5, 5.41) is 0. The van der Waals surface area contributed by atoms with E-state index in [9.17, 15) is 4.79 Å². The largest absolute Gasteiger partial charge is 0.497 e. The smallest absolute Gasteiger partial charge is 0.247 e. The molecule has 0 unspecified atom stereocenters. The van der Waals surface area contributed by atoms with E-state index >= 15 is 0 Å². The van der Waals surface area contributed by atoms with Crippen molar-refractivity contribution in [1.82, 2.24) is 9.88 Å². The molecule has 1 aliphatic rings. The van der Waals surface area contributed by atoms with Crippen LogP contribution in [0.2, 0.25) is 0 Å². The number of rotatable bonds is 7. The number of amides is 1. The molecule has 0 spiro atoms. The van der Waals surface area contributed by atoms with E-state index in [4.69, 9.17) is 13.9 Å². The summed E-state index contributed by atoms with van der Waals surface area (Å²) in [6.45, 7) is 0.460. The Kier molecular flexibility index (Phi) is 5.02. The van der Waals surface area contributed by atoms with E-state index in [0.29, 0.717) is 18.0 Å². The average Bonchev–Trinajstić information content (AvgIpc) is 3.48. The molecule has 0 bridgehead atoms. The monoisotopic (exact) mass is 378 g/mol. The first-order valence-electron chi connectivity index (χ1n) is 9.23. The lowest BCUT2D eigenvalue weighted by Gasteiger charge is -2.22. The molecule has 1 aliphatic carbocycles. The van der Waals surface area contributed by atoms with Gasteiger partial charge in [0.05, 0.1) is 20.8 Å². The van der Waals surface area contributed by atoms with Gasteiger partial charge in [-0.25, -0.2) is 4.98 Å². The molecule has 28 heavy (non-hydrogen) atoms. The zero-order valence-corrected chi connectivity index (χ0v) is 15.9. The second kappa shape index (κ2) is 7.76. The van der Waals surface area contributed by atoms with Crippen LogP contribution in [0.3, 0.4) is 0 Å². The fourth-order valence-electron chi connectivity index (χ4n) is 3.16. The number of ether oxygens (including phenoxy) is 2. The molecule has 1 amide bonds. The number of benzene rings is 2. The molecule has 1 aromatic heterocycles. The van der Waals surface area contributed by atoms with Crippen LogP contribution >= 0.6 is 0 Å². The number of hydrogen-bond acceptors (Lipinski definition) is 5. The Morgan fingerprint density at radius 3 is 2.75 bits per heavy atom. The van der Waals surface area contributed by atoms with Gasteiger partial charge < -0.3 is 18.8 Å². The summed E-state index contributed by atoms with van der Waals surface area (Å²) in [5.41, 5.74) is 2.39. The van der Waals surface area contributed by atoms with Crippen LogP contribution < -0.4 is 9.47 Å². The Bertz CT molecular complexity index is 987. The maximum absolute atomic E-state index is 12.9. The highest BCUT2D eigenvalue weighted by molar-refractivity contribution is 5.92. The third-order valence-corrected chi connectivity index (χ3v) is 4.78. The molecular weight excluding hydrogens is 356 g/mol. The molecule has 0 saturated heterocycles. The molecule has 1 saturated carbocycles. The highest BCUT2D eigenvalue weighted by atomic mass is 16.5. The highest BCUT2D eigenvalue weighted by Crippen LogP contribution is 2.32. The van der Waals surface area contributed by atoms with Crippen molar-refractivity contribution in [1.29, 1.82) is 0 Å². The van der Waals surface area contributed by atoms with Crippen molar-refractivity contribution >= 4 is 23.1 Å². The van der Waals surface area contributed by atoms with E-state index in [1.165, 1.54) is 6.08 Å². The second-order valence-corrected chi connectivity index (χ2v) is 6.73. The van der Waals surface area contributed by atoms with Crippen LogP contribution in [0.5, 0.6) is 11.5 Å². The van der Waals surface area contributed by atoms with Gasteiger partial charge in [0.15, 0.2) is 5.58 Å². The Morgan fingerprint density at radius 1 is 1.21 bits per heavy atom. The first-order chi connectivity index (χ1) is 13.7. The van der Waals surface area contributed by atoms with E-state index in [2.05, 4.69) is 4.98 Å². The van der Waals surface area contributed by atoms with Gasteiger partial charge in [0.2, 0.25) is 11.8 Å². The molecule has 1 heterocycles. The fourth-order valence-corrected chi connectivity index (χ4v) is 3.16. The molecule has 0 N–H and O–H groups in total. The van der Waals surface area contributed by atoms with Gasteiger partial charge in [-0.15, -0.1) is 0 Å². The van der Waals surface area contributed by atoms with Gasteiger partial charge >= 0.3 is 0 Å². The van der Waals surface area contributed by atoms with Gasteiger partial charge in [0.1, 0.15) is 17.0 Å². The summed E-state index contributed by atoms with van der Waals surface area (Å²) in [6.07, 6.45) is 5.17. The predicted octanol–water partition coefficient (Wildman–Crippen LogP) is 4.05. The minimum Gasteiger partial charge on any atom is -0.497 e. The van der Waals surface area contributed by atoms with E-state index in [1.807, 2.05) is 47.4 Å². The highest BCUT2D eigenvalue weighted by Gasteiger charge is 2.32. The summed E-state index contributed by atoms with van der Waals surface area (Å²) in [5.74, 6) is 1.82. The van der Waals surface area contributed by atoms with Crippen molar-refractivity contribution in [3.63, 3.8) is 0 Å². The van der Waals surface area contributed by atoms with E-state index in [-0.39, 0.29) is 11.9 Å². The number of hydrogen-bond donors (Lipinski definition) is 0. The molecule has 4 rings (SSSR count). The van der Waals surface area contributed by atoms with Crippen LogP contribution in [0.25, 0.3) is 17.2 Å². The van der Waals surface area contributed by atoms with Gasteiger partial charge in [0, 0.05) is 23.8 Å². The first kappa shape index (κ1) is 18.1.